The molecule has 1 rings (SSSR count). The molecule has 0 amide bonds. The molecule has 0 aliphatic heterocycles. The molecule has 0 bridgehead atoms. The lowest BCUT2D eigenvalue weighted by Crippen LogP contribution is -2.17. The SMILES string of the molecule is CC(N)Cc1ccc(OCCCC(C)(C)C#N)c(F)c1. The van der Waals surface area contributed by atoms with Gasteiger partial charge in [-0.15, -0.1) is 0 Å². The Kier molecular flexibility index (Phi) is 5.97. The highest BCUT2D eigenvalue weighted by atomic mass is 19.1. The number of rotatable bonds is 7. The van der Waals surface area contributed by atoms with Crippen LogP contribution in [0.1, 0.15) is 39.2 Å². The maximum absolute atomic E-state index is 13.8. The molecule has 4 heteroatoms. The third-order valence-electron chi connectivity index (χ3n) is 3.06. The second-order valence-corrected chi connectivity index (χ2v) is 5.89. The topological polar surface area (TPSA) is 59.0 Å². The number of nitriles is 1. The van der Waals surface area contributed by atoms with Gasteiger partial charge in [0.25, 0.3) is 0 Å². The van der Waals surface area contributed by atoms with Crippen molar-refractivity contribution in [2.75, 3.05) is 6.61 Å². The molecule has 20 heavy (non-hydrogen) atoms. The molecule has 2 N–H and O–H groups in total. The van der Waals surface area contributed by atoms with Gasteiger partial charge >= 0.3 is 0 Å². The van der Waals surface area contributed by atoms with E-state index in [2.05, 4.69) is 6.07 Å². The number of hydrogen-bond acceptors (Lipinski definition) is 3. The summed E-state index contributed by atoms with van der Waals surface area (Å²) < 4.78 is 19.2. The van der Waals surface area contributed by atoms with Crippen LogP contribution in [0.2, 0.25) is 0 Å². The molecule has 0 fully saturated rings. The molecule has 0 aromatic heterocycles. The van der Waals surface area contributed by atoms with E-state index in [-0.39, 0.29) is 23.0 Å². The molecule has 1 aromatic rings. The van der Waals surface area contributed by atoms with Gasteiger partial charge in [-0.1, -0.05) is 6.07 Å². The summed E-state index contributed by atoms with van der Waals surface area (Å²) in [6.07, 6.45) is 2.10. The first-order valence-electron chi connectivity index (χ1n) is 6.92. The molecule has 1 atom stereocenters. The van der Waals surface area contributed by atoms with Crippen LogP contribution in [0.4, 0.5) is 4.39 Å². The second kappa shape index (κ2) is 7.25. The van der Waals surface area contributed by atoms with Crippen molar-refractivity contribution in [1.29, 1.82) is 5.26 Å². The Morgan fingerprint density at radius 1 is 1.45 bits per heavy atom. The fraction of sp³-hybridized carbons (Fsp3) is 0.562. The Bertz CT molecular complexity index is 478. The van der Waals surface area contributed by atoms with Crippen molar-refractivity contribution in [1.82, 2.24) is 0 Å². The van der Waals surface area contributed by atoms with Gasteiger partial charge in [-0.05, 0) is 57.7 Å². The van der Waals surface area contributed by atoms with Crippen molar-refractivity contribution in [3.05, 3.63) is 29.6 Å². The van der Waals surface area contributed by atoms with Gasteiger partial charge in [0.05, 0.1) is 18.1 Å². The van der Waals surface area contributed by atoms with E-state index < -0.39 is 0 Å². The summed E-state index contributed by atoms with van der Waals surface area (Å²) in [5.74, 6) is -0.101. The Morgan fingerprint density at radius 3 is 2.70 bits per heavy atom. The summed E-state index contributed by atoms with van der Waals surface area (Å²) in [4.78, 5) is 0. The highest BCUT2D eigenvalue weighted by Crippen LogP contribution is 2.22. The number of ether oxygens (including phenoxy) is 1. The van der Waals surface area contributed by atoms with E-state index in [0.29, 0.717) is 13.0 Å². The maximum atomic E-state index is 13.8. The average molecular weight is 278 g/mol. The predicted octanol–water partition coefficient (Wildman–Crippen LogP) is 3.42. The van der Waals surface area contributed by atoms with E-state index in [9.17, 15) is 4.39 Å². The van der Waals surface area contributed by atoms with E-state index >= 15 is 0 Å². The Hall–Kier alpha value is -1.60. The zero-order valence-electron chi connectivity index (χ0n) is 12.4. The van der Waals surface area contributed by atoms with Crippen LogP contribution in [-0.4, -0.2) is 12.6 Å². The number of hydrogen-bond donors (Lipinski definition) is 1. The lowest BCUT2D eigenvalue weighted by molar-refractivity contribution is 0.273. The third kappa shape index (κ3) is 5.58. The summed E-state index contributed by atoms with van der Waals surface area (Å²) >= 11 is 0. The molecule has 0 saturated heterocycles. The predicted molar refractivity (Wildman–Crippen MR) is 77.9 cm³/mol. The quantitative estimate of drug-likeness (QED) is 0.777. The van der Waals surface area contributed by atoms with Gasteiger partial charge in [0.15, 0.2) is 11.6 Å². The normalized spacial score (nSPS) is 12.8. The number of benzene rings is 1. The molecule has 0 radical (unpaired) electrons. The Morgan fingerprint density at radius 2 is 2.15 bits per heavy atom. The lowest BCUT2D eigenvalue weighted by atomic mass is 9.90. The van der Waals surface area contributed by atoms with Crippen LogP contribution in [0.5, 0.6) is 5.75 Å². The summed E-state index contributed by atoms with van der Waals surface area (Å²) in [6, 6.07) is 7.19. The molecule has 3 nitrogen and oxygen atoms in total. The van der Waals surface area contributed by atoms with E-state index in [1.165, 1.54) is 6.07 Å². The van der Waals surface area contributed by atoms with Gasteiger partial charge in [-0.25, -0.2) is 4.39 Å². The van der Waals surface area contributed by atoms with Gasteiger partial charge in [0, 0.05) is 6.04 Å². The molecule has 0 aliphatic rings. The molecule has 0 heterocycles. The molecule has 0 saturated carbocycles. The van der Waals surface area contributed by atoms with Crippen molar-refractivity contribution >= 4 is 0 Å². The van der Waals surface area contributed by atoms with E-state index in [4.69, 9.17) is 15.7 Å². The van der Waals surface area contributed by atoms with Crippen LogP contribution in [0.3, 0.4) is 0 Å². The summed E-state index contributed by atoms with van der Waals surface area (Å²) in [5.41, 5.74) is 6.20. The first-order valence-corrected chi connectivity index (χ1v) is 6.92. The van der Waals surface area contributed by atoms with Crippen molar-refractivity contribution in [3.8, 4) is 11.8 Å². The molecule has 1 aromatic carbocycles. The van der Waals surface area contributed by atoms with Gasteiger partial charge in [0.1, 0.15) is 0 Å². The van der Waals surface area contributed by atoms with Crippen LogP contribution in [0.15, 0.2) is 18.2 Å². The molecule has 0 spiro atoms. The summed E-state index contributed by atoms with van der Waals surface area (Å²) in [7, 11) is 0. The largest absolute Gasteiger partial charge is 0.491 e. The fourth-order valence-corrected chi connectivity index (χ4v) is 1.91. The van der Waals surface area contributed by atoms with Crippen LogP contribution < -0.4 is 10.5 Å². The van der Waals surface area contributed by atoms with Gasteiger partial charge < -0.3 is 10.5 Å². The van der Waals surface area contributed by atoms with Crippen molar-refractivity contribution in [2.24, 2.45) is 11.1 Å². The first kappa shape index (κ1) is 16.5. The molecule has 1 unspecified atom stereocenters. The minimum absolute atomic E-state index is 0.00869. The van der Waals surface area contributed by atoms with Crippen LogP contribution in [0, 0.1) is 22.6 Å². The number of nitrogens with zero attached hydrogens (tertiary/aromatic N) is 1. The summed E-state index contributed by atoms with van der Waals surface area (Å²) in [5, 5.41) is 8.90. The summed E-state index contributed by atoms with van der Waals surface area (Å²) in [6.45, 7) is 6.07. The Labute approximate surface area is 120 Å². The van der Waals surface area contributed by atoms with E-state index in [1.807, 2.05) is 26.8 Å². The molecule has 0 aliphatic carbocycles. The zero-order valence-corrected chi connectivity index (χ0v) is 12.4. The van der Waals surface area contributed by atoms with Crippen LogP contribution in [-0.2, 0) is 6.42 Å². The minimum Gasteiger partial charge on any atom is -0.491 e. The van der Waals surface area contributed by atoms with Crippen LogP contribution >= 0.6 is 0 Å². The first-order chi connectivity index (χ1) is 9.34. The van der Waals surface area contributed by atoms with Gasteiger partial charge in [-0.2, -0.15) is 5.26 Å². The molecular weight excluding hydrogens is 255 g/mol. The van der Waals surface area contributed by atoms with Gasteiger partial charge in [0.2, 0.25) is 0 Å². The smallest absolute Gasteiger partial charge is 0.165 e. The van der Waals surface area contributed by atoms with Crippen molar-refractivity contribution in [3.63, 3.8) is 0 Å². The highest BCUT2D eigenvalue weighted by Gasteiger charge is 2.16. The second-order valence-electron chi connectivity index (χ2n) is 5.89. The number of nitrogens with two attached hydrogens (primary N) is 1. The highest BCUT2D eigenvalue weighted by molar-refractivity contribution is 5.29. The zero-order chi connectivity index (χ0) is 15.2. The fourth-order valence-electron chi connectivity index (χ4n) is 1.91. The number of halogens is 1. The monoisotopic (exact) mass is 278 g/mol. The Balaban J connectivity index is 2.47. The molecular formula is C16H23FN2O. The minimum atomic E-state index is -0.359. The standard InChI is InChI=1S/C16H23FN2O/c1-12(19)9-13-5-6-15(14(17)10-13)20-8-4-7-16(2,3)11-18/h5-6,10,12H,4,7-9,19H2,1-3H3. The van der Waals surface area contributed by atoms with E-state index in [1.54, 1.807) is 6.07 Å². The molecule has 110 valence electrons. The maximum Gasteiger partial charge on any atom is 0.165 e. The van der Waals surface area contributed by atoms with Crippen LogP contribution in [0.25, 0.3) is 0 Å². The van der Waals surface area contributed by atoms with Crippen molar-refractivity contribution in [2.45, 2.75) is 46.1 Å². The van der Waals surface area contributed by atoms with E-state index in [0.717, 1.165) is 18.4 Å². The lowest BCUT2D eigenvalue weighted by Gasteiger charge is -2.15. The third-order valence-corrected chi connectivity index (χ3v) is 3.06. The average Bonchev–Trinajstić information content (AvgIpc) is 2.36. The van der Waals surface area contributed by atoms with Gasteiger partial charge in [-0.3, -0.25) is 0 Å². The van der Waals surface area contributed by atoms with Crippen molar-refractivity contribution < 1.29 is 9.13 Å².